The molecule has 0 radical (unpaired) electrons. The lowest BCUT2D eigenvalue weighted by molar-refractivity contribution is -0.144. The number of rotatable bonds is 13. The molecule has 0 aliphatic heterocycles. The van der Waals surface area contributed by atoms with E-state index in [1.165, 1.54) is 25.1 Å². The summed E-state index contributed by atoms with van der Waals surface area (Å²) in [6, 6.07) is 7.72. The van der Waals surface area contributed by atoms with Gasteiger partial charge in [0.1, 0.15) is 35.2 Å². The molecule has 1 heterocycles. The lowest BCUT2D eigenvalue weighted by Gasteiger charge is -2.11. The van der Waals surface area contributed by atoms with Crippen LogP contribution in [0, 0.1) is 26.7 Å². The fourth-order valence-electron chi connectivity index (χ4n) is 4.27. The van der Waals surface area contributed by atoms with E-state index in [-0.39, 0.29) is 73.0 Å². The first kappa shape index (κ1) is 47.2. The van der Waals surface area contributed by atoms with Crippen molar-refractivity contribution in [1.29, 1.82) is 0 Å². The van der Waals surface area contributed by atoms with Gasteiger partial charge < -0.3 is 33.9 Å². The lowest BCUT2D eigenvalue weighted by atomic mass is 9.95. The SMILES string of the molecule is CCOC(=O)CCc1c(C)c2cc(C)c(O)cc2oc1=O.CCOCC(=O)C(CCC(=O)OCC)C(C)=O.CS(=O)(=O)O.Cc1ccc(O)cc1O. The van der Waals surface area contributed by atoms with Gasteiger partial charge >= 0.3 is 17.6 Å². The summed E-state index contributed by atoms with van der Waals surface area (Å²) in [5.41, 5.74) is 2.59. The van der Waals surface area contributed by atoms with Crippen molar-refractivity contribution in [3.05, 3.63) is 63.0 Å². The fourth-order valence-corrected chi connectivity index (χ4v) is 4.27. The smallest absolute Gasteiger partial charge is 0.339 e. The molecule has 4 N–H and O–H groups in total. The molecule has 52 heavy (non-hydrogen) atoms. The van der Waals surface area contributed by atoms with Crippen LogP contribution >= 0.6 is 0 Å². The number of Topliss-reactive ketones (excluding diaryl/α,β-unsaturated/α-hetero) is 2. The van der Waals surface area contributed by atoms with Crippen molar-refractivity contribution < 1.29 is 66.1 Å². The van der Waals surface area contributed by atoms with Crippen molar-refractivity contribution in [2.24, 2.45) is 5.92 Å². The van der Waals surface area contributed by atoms with Crippen LogP contribution in [0.4, 0.5) is 0 Å². The second-order valence-electron chi connectivity index (χ2n) is 11.2. The minimum atomic E-state index is -3.67. The topological polar surface area (TPSA) is 241 Å². The predicted octanol–water partition coefficient (Wildman–Crippen LogP) is 4.66. The van der Waals surface area contributed by atoms with Gasteiger partial charge in [-0.05, 0) is 90.1 Å². The van der Waals surface area contributed by atoms with Crippen LogP contribution in [0.25, 0.3) is 11.0 Å². The quantitative estimate of drug-likeness (QED) is 0.0803. The average Bonchev–Trinajstić information content (AvgIpc) is 3.03. The Morgan fingerprint density at radius 1 is 0.827 bits per heavy atom. The molecular formula is C36H50O15S. The van der Waals surface area contributed by atoms with E-state index in [0.717, 1.165) is 16.5 Å². The van der Waals surface area contributed by atoms with E-state index in [2.05, 4.69) is 0 Å². The molecule has 290 valence electrons. The number of ether oxygens (including phenoxy) is 3. The lowest BCUT2D eigenvalue weighted by Crippen LogP contribution is -2.27. The first-order valence-corrected chi connectivity index (χ1v) is 18.1. The Balaban J connectivity index is 0.000000745. The molecule has 0 spiro atoms. The minimum absolute atomic E-state index is 0.0793. The van der Waals surface area contributed by atoms with Gasteiger partial charge in [0.2, 0.25) is 0 Å². The van der Waals surface area contributed by atoms with E-state index in [9.17, 15) is 37.5 Å². The minimum Gasteiger partial charge on any atom is -0.508 e. The monoisotopic (exact) mass is 754 g/mol. The Bertz CT molecular complexity index is 1800. The third-order valence-electron chi connectivity index (χ3n) is 6.95. The molecule has 3 aromatic rings. The van der Waals surface area contributed by atoms with Crippen molar-refractivity contribution in [3.63, 3.8) is 0 Å². The van der Waals surface area contributed by atoms with Crippen LogP contribution in [-0.4, -0.2) is 84.5 Å². The van der Waals surface area contributed by atoms with Gasteiger partial charge in [0, 0.05) is 42.5 Å². The first-order valence-electron chi connectivity index (χ1n) is 16.3. The molecule has 0 fully saturated rings. The zero-order valence-electron chi connectivity index (χ0n) is 30.8. The summed E-state index contributed by atoms with van der Waals surface area (Å²) in [5, 5.41) is 28.2. The Labute approximate surface area is 303 Å². The maximum atomic E-state index is 12.0. The van der Waals surface area contributed by atoms with Crippen LogP contribution in [0.5, 0.6) is 17.2 Å². The maximum absolute atomic E-state index is 12.0. The van der Waals surface area contributed by atoms with Crippen LogP contribution in [0.1, 0.15) is 69.2 Å². The molecule has 0 bridgehead atoms. The van der Waals surface area contributed by atoms with Crippen LogP contribution in [0.2, 0.25) is 0 Å². The predicted molar refractivity (Wildman–Crippen MR) is 192 cm³/mol. The number of carbonyl (C=O) groups is 4. The first-order chi connectivity index (χ1) is 24.2. The van der Waals surface area contributed by atoms with Crippen LogP contribution < -0.4 is 5.63 Å². The molecule has 15 nitrogen and oxygen atoms in total. The molecule has 0 saturated carbocycles. The Morgan fingerprint density at radius 3 is 1.85 bits per heavy atom. The number of phenolic OH excluding ortho intramolecular Hbond substituents is 3. The van der Waals surface area contributed by atoms with Crippen LogP contribution in [0.3, 0.4) is 0 Å². The summed E-state index contributed by atoms with van der Waals surface area (Å²) in [7, 11) is -3.67. The van der Waals surface area contributed by atoms with E-state index < -0.39 is 21.7 Å². The highest BCUT2D eigenvalue weighted by Crippen LogP contribution is 2.27. The molecule has 2 aromatic carbocycles. The number of carbonyl (C=O) groups excluding carboxylic acids is 4. The van der Waals surface area contributed by atoms with Gasteiger partial charge in [0.25, 0.3) is 10.1 Å². The van der Waals surface area contributed by atoms with E-state index in [0.29, 0.717) is 42.8 Å². The van der Waals surface area contributed by atoms with Crippen molar-refractivity contribution in [1.82, 2.24) is 0 Å². The highest BCUT2D eigenvalue weighted by Gasteiger charge is 2.24. The molecule has 0 aliphatic carbocycles. The Morgan fingerprint density at radius 2 is 1.37 bits per heavy atom. The third kappa shape index (κ3) is 19.0. The second kappa shape index (κ2) is 23.6. The Hall–Kier alpha value is -4.80. The number of aromatic hydroxyl groups is 3. The van der Waals surface area contributed by atoms with E-state index in [1.807, 2.05) is 6.92 Å². The molecule has 1 atom stereocenters. The average molecular weight is 755 g/mol. The standard InChI is InChI=1S/C16H18O5.C12H20O5.C7H8O2.CH4O3S/c1-4-20-15(18)6-5-11-10(3)12-7-9(2)13(17)8-14(12)21-16(11)19;1-4-16-8-11(14)10(9(3)13)6-7-12(15)17-5-2;1-5-2-3-6(8)4-7(5)9;1-5(2,3)4/h7-8,17H,4-6H2,1-3H3;10H,4-8H2,1-3H3;2-4,8-9H,1H3;1H3,(H,2,3,4). The number of aryl methyl sites for hydroxylation is 3. The summed E-state index contributed by atoms with van der Waals surface area (Å²) in [6.07, 6.45) is 1.41. The molecule has 16 heteroatoms. The van der Waals surface area contributed by atoms with Crippen LogP contribution in [-0.2, 0) is 49.9 Å². The van der Waals surface area contributed by atoms with Gasteiger partial charge in [0.15, 0.2) is 5.78 Å². The van der Waals surface area contributed by atoms with Crippen LogP contribution in [0.15, 0.2) is 39.5 Å². The van der Waals surface area contributed by atoms with E-state index in [4.69, 9.17) is 33.4 Å². The Kier molecular flexibility index (Phi) is 21.4. The van der Waals surface area contributed by atoms with Gasteiger partial charge in [-0.15, -0.1) is 0 Å². The summed E-state index contributed by atoms with van der Waals surface area (Å²) in [6.45, 7) is 12.9. The third-order valence-corrected chi connectivity index (χ3v) is 6.95. The molecule has 0 aliphatic rings. The summed E-state index contributed by atoms with van der Waals surface area (Å²) in [4.78, 5) is 57.5. The molecule has 1 unspecified atom stereocenters. The molecule has 1 aromatic heterocycles. The number of hydrogen-bond donors (Lipinski definition) is 4. The van der Waals surface area contributed by atoms with Crippen molar-refractivity contribution in [2.75, 3.05) is 32.7 Å². The highest BCUT2D eigenvalue weighted by molar-refractivity contribution is 7.85. The molecular weight excluding hydrogens is 704 g/mol. The normalized spacial score (nSPS) is 11.0. The van der Waals surface area contributed by atoms with E-state index in [1.54, 1.807) is 46.8 Å². The largest absolute Gasteiger partial charge is 0.508 e. The zero-order chi connectivity index (χ0) is 40.2. The van der Waals surface area contributed by atoms with Gasteiger partial charge in [-0.1, -0.05) is 6.07 Å². The summed E-state index contributed by atoms with van der Waals surface area (Å²) >= 11 is 0. The number of hydrogen-bond acceptors (Lipinski definition) is 14. The van der Waals surface area contributed by atoms with E-state index >= 15 is 0 Å². The molecule has 3 rings (SSSR count). The van der Waals surface area contributed by atoms with Crippen molar-refractivity contribution >= 4 is 44.6 Å². The van der Waals surface area contributed by atoms with Crippen molar-refractivity contribution in [3.8, 4) is 17.2 Å². The maximum Gasteiger partial charge on any atom is 0.339 e. The number of benzene rings is 2. The second-order valence-corrected chi connectivity index (χ2v) is 12.7. The van der Waals surface area contributed by atoms with Gasteiger partial charge in [-0.3, -0.25) is 23.7 Å². The van der Waals surface area contributed by atoms with Gasteiger partial charge in [-0.2, -0.15) is 8.42 Å². The summed E-state index contributed by atoms with van der Waals surface area (Å²) < 4.78 is 45.7. The zero-order valence-corrected chi connectivity index (χ0v) is 31.6. The number of ketones is 2. The molecule has 0 amide bonds. The highest BCUT2D eigenvalue weighted by atomic mass is 32.2. The number of esters is 2. The number of phenols is 3. The summed E-state index contributed by atoms with van der Waals surface area (Å²) in [5.74, 6) is -1.67. The van der Waals surface area contributed by atoms with Gasteiger partial charge in [-0.25, -0.2) is 4.79 Å². The number of fused-ring (bicyclic) bond motifs is 1. The molecule has 0 saturated heterocycles. The van der Waals surface area contributed by atoms with Gasteiger partial charge in [0.05, 0.1) is 25.4 Å². The van der Waals surface area contributed by atoms with Crippen molar-refractivity contribution in [2.45, 2.75) is 74.1 Å². The fraction of sp³-hybridized carbons (Fsp3) is 0.472.